The number of ether oxygens (including phenoxy) is 1. The summed E-state index contributed by atoms with van der Waals surface area (Å²) in [6.07, 6.45) is 0.916. The third-order valence-corrected chi connectivity index (χ3v) is 2.69. The minimum Gasteiger partial charge on any atom is -0.490 e. The number of hydrogen-bond donors (Lipinski definition) is 1. The first-order chi connectivity index (χ1) is 9.88. The summed E-state index contributed by atoms with van der Waals surface area (Å²) in [5, 5.41) is 1.74. The summed E-state index contributed by atoms with van der Waals surface area (Å²) in [6, 6.07) is 0. The van der Waals surface area contributed by atoms with Crippen LogP contribution in [0, 0.1) is 29.1 Å². The van der Waals surface area contributed by atoms with Crippen LogP contribution < -0.4 is 10.1 Å². The second-order valence-corrected chi connectivity index (χ2v) is 3.97. The van der Waals surface area contributed by atoms with Gasteiger partial charge in [0.15, 0.2) is 40.0 Å². The zero-order chi connectivity index (χ0) is 15.7. The first-order valence-electron chi connectivity index (χ1n) is 5.21. The molecule has 4 nitrogen and oxygen atoms in total. The minimum absolute atomic E-state index is 0.209. The van der Waals surface area contributed by atoms with Crippen molar-refractivity contribution in [1.29, 1.82) is 0 Å². The number of methoxy groups -OCH3 is 1. The Morgan fingerprint density at radius 1 is 0.952 bits per heavy atom. The maximum atomic E-state index is 13.5. The van der Waals surface area contributed by atoms with Crippen LogP contribution in [0.1, 0.15) is 0 Å². The summed E-state index contributed by atoms with van der Waals surface area (Å²) < 4.78 is 70.9. The van der Waals surface area contributed by atoms with Crippen molar-refractivity contribution in [2.24, 2.45) is 0 Å². The predicted molar refractivity (Wildman–Crippen MR) is 63.1 cm³/mol. The highest BCUT2D eigenvalue weighted by Crippen LogP contribution is 2.34. The Labute approximate surface area is 119 Å². The Balaban J connectivity index is 2.58. The average Bonchev–Trinajstić information content (AvgIpc) is 2.47. The summed E-state index contributed by atoms with van der Waals surface area (Å²) in [5.74, 6) is -11.1. The van der Waals surface area contributed by atoms with Crippen LogP contribution in [0.5, 0.6) is 5.75 Å². The van der Waals surface area contributed by atoms with Crippen molar-refractivity contribution >= 4 is 23.1 Å². The Kier molecular flexibility index (Phi) is 4.12. The Morgan fingerprint density at radius 2 is 1.48 bits per heavy atom. The number of aromatic nitrogens is 2. The lowest BCUT2D eigenvalue weighted by atomic mass is 10.2. The van der Waals surface area contributed by atoms with Crippen LogP contribution in [0.3, 0.4) is 0 Å². The highest BCUT2D eigenvalue weighted by atomic mass is 35.5. The van der Waals surface area contributed by atoms with E-state index in [4.69, 9.17) is 16.3 Å². The number of halogens is 6. The summed E-state index contributed by atoms with van der Waals surface area (Å²) in [7, 11) is 1.16. The minimum atomic E-state index is -2.26. The molecule has 0 bridgehead atoms. The second kappa shape index (κ2) is 5.68. The number of nitrogens with zero attached hydrogens (tertiary/aromatic N) is 2. The molecule has 0 saturated carbocycles. The van der Waals surface area contributed by atoms with E-state index in [9.17, 15) is 22.0 Å². The molecule has 10 heteroatoms. The fourth-order valence-electron chi connectivity index (χ4n) is 1.46. The van der Waals surface area contributed by atoms with E-state index in [1.54, 1.807) is 0 Å². The molecule has 0 unspecified atom stereocenters. The summed E-state index contributed by atoms with van der Waals surface area (Å²) in [4.78, 5) is 7.11. The van der Waals surface area contributed by atoms with Crippen LogP contribution in [0.2, 0.25) is 5.15 Å². The molecule has 0 aliphatic rings. The molecule has 0 saturated heterocycles. The molecule has 0 radical (unpaired) electrons. The van der Waals surface area contributed by atoms with E-state index in [1.807, 2.05) is 5.32 Å². The molecular formula is C11H5ClF5N3O. The van der Waals surface area contributed by atoms with Gasteiger partial charge in [-0.15, -0.1) is 0 Å². The largest absolute Gasteiger partial charge is 0.490 e. The SMILES string of the molecule is COc1c(Cl)ncnc1Nc1c(F)c(F)c(F)c(F)c1F. The zero-order valence-corrected chi connectivity index (χ0v) is 10.9. The van der Waals surface area contributed by atoms with Gasteiger partial charge in [-0.1, -0.05) is 11.6 Å². The van der Waals surface area contributed by atoms with Crippen molar-refractivity contribution in [3.8, 4) is 5.75 Å². The van der Waals surface area contributed by atoms with E-state index in [0.29, 0.717) is 0 Å². The van der Waals surface area contributed by atoms with Crippen molar-refractivity contribution in [1.82, 2.24) is 9.97 Å². The summed E-state index contributed by atoms with van der Waals surface area (Å²) in [6.45, 7) is 0. The number of hydrogen-bond acceptors (Lipinski definition) is 4. The third kappa shape index (κ3) is 2.56. The topological polar surface area (TPSA) is 47.0 Å². The lowest BCUT2D eigenvalue weighted by Crippen LogP contribution is -2.08. The van der Waals surface area contributed by atoms with Crippen molar-refractivity contribution in [2.75, 3.05) is 12.4 Å². The number of anilines is 2. The van der Waals surface area contributed by atoms with Gasteiger partial charge >= 0.3 is 0 Å². The van der Waals surface area contributed by atoms with Crippen LogP contribution in [0.4, 0.5) is 33.5 Å². The van der Waals surface area contributed by atoms with Gasteiger partial charge < -0.3 is 10.1 Å². The Morgan fingerprint density at radius 3 is 2.00 bits per heavy atom. The van der Waals surface area contributed by atoms with E-state index in [2.05, 4.69) is 9.97 Å². The van der Waals surface area contributed by atoms with Crippen molar-refractivity contribution < 1.29 is 26.7 Å². The number of rotatable bonds is 3. The van der Waals surface area contributed by atoms with Gasteiger partial charge in [0.25, 0.3) is 0 Å². The summed E-state index contributed by atoms with van der Waals surface area (Å²) in [5.41, 5.74) is -1.28. The van der Waals surface area contributed by atoms with E-state index >= 15 is 0 Å². The maximum Gasteiger partial charge on any atom is 0.200 e. The normalized spacial score (nSPS) is 10.6. The molecule has 1 heterocycles. The molecule has 1 aromatic carbocycles. The van der Waals surface area contributed by atoms with Gasteiger partial charge in [-0.3, -0.25) is 0 Å². The van der Waals surface area contributed by atoms with Crippen LogP contribution >= 0.6 is 11.6 Å². The molecular weight excluding hydrogens is 321 g/mol. The zero-order valence-electron chi connectivity index (χ0n) is 10.1. The Hall–Kier alpha value is -2.16. The first kappa shape index (κ1) is 15.2. The predicted octanol–water partition coefficient (Wildman–Crippen LogP) is 3.58. The molecule has 1 aromatic heterocycles. The molecule has 0 amide bonds. The molecule has 112 valence electrons. The van der Waals surface area contributed by atoms with Gasteiger partial charge in [-0.25, -0.2) is 31.9 Å². The molecule has 0 atom stereocenters. The summed E-state index contributed by atoms with van der Waals surface area (Å²) >= 11 is 5.65. The van der Waals surface area contributed by atoms with E-state index in [1.165, 1.54) is 0 Å². The fraction of sp³-hybridized carbons (Fsp3) is 0.0909. The van der Waals surface area contributed by atoms with Gasteiger partial charge in [-0.05, 0) is 0 Å². The van der Waals surface area contributed by atoms with Crippen LogP contribution in [-0.4, -0.2) is 17.1 Å². The molecule has 0 fully saturated rings. The molecule has 21 heavy (non-hydrogen) atoms. The van der Waals surface area contributed by atoms with E-state index in [-0.39, 0.29) is 16.7 Å². The number of benzene rings is 1. The van der Waals surface area contributed by atoms with Gasteiger partial charge in [0.1, 0.15) is 12.0 Å². The smallest absolute Gasteiger partial charge is 0.200 e. The molecule has 0 aliphatic carbocycles. The Bertz CT molecular complexity index is 684. The van der Waals surface area contributed by atoms with Crippen molar-refractivity contribution in [3.05, 3.63) is 40.6 Å². The van der Waals surface area contributed by atoms with E-state index < -0.39 is 34.8 Å². The number of nitrogens with one attached hydrogen (secondary N) is 1. The molecule has 0 spiro atoms. The van der Waals surface area contributed by atoms with Gasteiger partial charge in [0.05, 0.1) is 7.11 Å². The maximum absolute atomic E-state index is 13.5. The quantitative estimate of drug-likeness (QED) is 0.405. The van der Waals surface area contributed by atoms with Crippen molar-refractivity contribution in [3.63, 3.8) is 0 Å². The van der Waals surface area contributed by atoms with Crippen LogP contribution in [0.15, 0.2) is 6.33 Å². The molecule has 2 rings (SSSR count). The lowest BCUT2D eigenvalue weighted by Gasteiger charge is -2.12. The van der Waals surface area contributed by atoms with Gasteiger partial charge in [0, 0.05) is 0 Å². The monoisotopic (exact) mass is 325 g/mol. The first-order valence-corrected chi connectivity index (χ1v) is 5.59. The fourth-order valence-corrected chi connectivity index (χ4v) is 1.67. The highest BCUT2D eigenvalue weighted by molar-refractivity contribution is 6.31. The standard InChI is InChI=1S/C11H5ClF5N3O/c1-21-9-10(12)18-2-19-11(9)20-8-6(16)4(14)3(13)5(15)7(8)17/h2H,1H3,(H,18,19,20). The van der Waals surface area contributed by atoms with E-state index in [0.717, 1.165) is 13.4 Å². The third-order valence-electron chi connectivity index (χ3n) is 2.42. The van der Waals surface area contributed by atoms with Crippen LogP contribution in [-0.2, 0) is 0 Å². The highest BCUT2D eigenvalue weighted by Gasteiger charge is 2.27. The van der Waals surface area contributed by atoms with Gasteiger partial charge in [-0.2, -0.15) is 0 Å². The molecule has 0 aliphatic heterocycles. The average molecular weight is 326 g/mol. The van der Waals surface area contributed by atoms with Crippen LogP contribution in [0.25, 0.3) is 0 Å². The van der Waals surface area contributed by atoms with Crippen molar-refractivity contribution in [2.45, 2.75) is 0 Å². The van der Waals surface area contributed by atoms with Gasteiger partial charge in [0.2, 0.25) is 5.82 Å². The molecule has 1 N–H and O–H groups in total. The second-order valence-electron chi connectivity index (χ2n) is 3.62. The molecule has 2 aromatic rings. The lowest BCUT2D eigenvalue weighted by molar-refractivity contribution is 0.381.